The lowest BCUT2D eigenvalue weighted by molar-refractivity contribution is 0.0709. The van der Waals surface area contributed by atoms with Crippen LogP contribution in [0.2, 0.25) is 0 Å². The summed E-state index contributed by atoms with van der Waals surface area (Å²) in [6.45, 7) is 7.61. The first-order valence-corrected chi connectivity index (χ1v) is 4.63. The Hall–Kier alpha value is -1.31. The van der Waals surface area contributed by atoms with Gasteiger partial charge in [-0.05, 0) is 5.56 Å². The van der Waals surface area contributed by atoms with E-state index in [1.807, 2.05) is 51.1 Å². The first kappa shape index (κ1) is 10.8. The number of benzene rings is 1. The minimum atomic E-state index is -0.235. The molecule has 1 aromatic rings. The molecule has 0 heterocycles. The van der Waals surface area contributed by atoms with Gasteiger partial charge in [0.2, 0.25) is 0 Å². The Morgan fingerprint density at radius 2 is 1.79 bits per heavy atom. The predicted molar refractivity (Wildman–Crippen MR) is 55.4 cm³/mol. The molecule has 0 aliphatic rings. The molecule has 1 rings (SSSR count). The summed E-state index contributed by atoms with van der Waals surface area (Å²) in [5.74, 6) is 0. The smallest absolute Gasteiger partial charge is 0.418 e. The number of rotatable bonds is 3. The van der Waals surface area contributed by atoms with Gasteiger partial charge < -0.3 is 4.74 Å². The summed E-state index contributed by atoms with van der Waals surface area (Å²) in [4.78, 5) is 10.3. The summed E-state index contributed by atoms with van der Waals surface area (Å²) in [6.07, 6.45) is -0.235. The lowest BCUT2D eigenvalue weighted by atomic mass is 9.85. The van der Waals surface area contributed by atoms with E-state index in [1.54, 1.807) is 0 Å². The molecule has 0 N–H and O–H groups in total. The quantitative estimate of drug-likeness (QED) is 0.734. The highest BCUT2D eigenvalue weighted by Crippen LogP contribution is 2.35. The zero-order valence-electron chi connectivity index (χ0n) is 8.78. The van der Waals surface area contributed by atoms with Crippen molar-refractivity contribution in [2.75, 3.05) is 0 Å². The molecule has 1 radical (unpaired) electrons. The van der Waals surface area contributed by atoms with Crippen molar-refractivity contribution in [1.82, 2.24) is 0 Å². The summed E-state index contributed by atoms with van der Waals surface area (Å²) < 4.78 is 4.99. The van der Waals surface area contributed by atoms with Crippen molar-refractivity contribution in [3.05, 3.63) is 35.9 Å². The van der Waals surface area contributed by atoms with E-state index in [9.17, 15) is 4.79 Å². The van der Waals surface area contributed by atoms with Gasteiger partial charge in [-0.1, -0.05) is 51.1 Å². The maximum absolute atomic E-state index is 10.3. The molecule has 0 saturated carbocycles. The molecule has 0 amide bonds. The second-order valence-corrected chi connectivity index (χ2v) is 4.36. The summed E-state index contributed by atoms with van der Waals surface area (Å²) in [6, 6.07) is 9.71. The molecular weight excluding hydrogens is 176 g/mol. The molecule has 0 aliphatic heterocycles. The van der Waals surface area contributed by atoms with Crippen LogP contribution in [0.1, 0.15) is 32.4 Å². The van der Waals surface area contributed by atoms with E-state index in [1.165, 1.54) is 6.47 Å². The average molecular weight is 191 g/mol. The van der Waals surface area contributed by atoms with Crippen LogP contribution in [0.4, 0.5) is 0 Å². The van der Waals surface area contributed by atoms with Crippen LogP contribution in [0.5, 0.6) is 0 Å². The van der Waals surface area contributed by atoms with Crippen molar-refractivity contribution in [1.29, 1.82) is 0 Å². The van der Waals surface area contributed by atoms with Crippen LogP contribution in [-0.2, 0) is 9.53 Å². The summed E-state index contributed by atoms with van der Waals surface area (Å²) in [5, 5.41) is 0. The maximum Gasteiger partial charge on any atom is 0.418 e. The molecule has 14 heavy (non-hydrogen) atoms. The van der Waals surface area contributed by atoms with Gasteiger partial charge in [-0.25, -0.2) is 4.79 Å². The van der Waals surface area contributed by atoms with Crippen molar-refractivity contribution in [2.45, 2.75) is 26.9 Å². The van der Waals surface area contributed by atoms with E-state index in [0.29, 0.717) is 0 Å². The fourth-order valence-electron chi connectivity index (χ4n) is 1.42. The molecule has 1 atom stereocenters. The normalized spacial score (nSPS) is 13.4. The molecule has 0 spiro atoms. The van der Waals surface area contributed by atoms with Crippen LogP contribution in [0, 0.1) is 5.41 Å². The van der Waals surface area contributed by atoms with Crippen LogP contribution in [0.3, 0.4) is 0 Å². The van der Waals surface area contributed by atoms with E-state index >= 15 is 0 Å². The third-order valence-electron chi connectivity index (χ3n) is 2.05. The van der Waals surface area contributed by atoms with E-state index in [0.717, 1.165) is 5.56 Å². The largest absolute Gasteiger partial charge is 0.449 e. The number of hydrogen-bond donors (Lipinski definition) is 0. The van der Waals surface area contributed by atoms with E-state index < -0.39 is 0 Å². The highest BCUT2D eigenvalue weighted by Gasteiger charge is 2.27. The number of ether oxygens (including phenoxy) is 1. The first-order valence-electron chi connectivity index (χ1n) is 4.63. The summed E-state index contributed by atoms with van der Waals surface area (Å²) >= 11 is 0. The predicted octanol–water partition coefficient (Wildman–Crippen LogP) is 2.86. The monoisotopic (exact) mass is 191 g/mol. The molecule has 0 bridgehead atoms. The van der Waals surface area contributed by atoms with Gasteiger partial charge in [0.15, 0.2) is 0 Å². The Labute approximate surface area is 84.9 Å². The Bertz CT molecular complexity index is 285. The SMILES string of the molecule is CC(C)(C)C(O[C]=O)c1ccccc1. The second-order valence-electron chi connectivity index (χ2n) is 4.36. The van der Waals surface area contributed by atoms with E-state index in [2.05, 4.69) is 0 Å². The van der Waals surface area contributed by atoms with Gasteiger partial charge in [0, 0.05) is 5.41 Å². The third-order valence-corrected chi connectivity index (χ3v) is 2.05. The van der Waals surface area contributed by atoms with Crippen LogP contribution in [0.15, 0.2) is 30.3 Å². The minimum absolute atomic E-state index is 0.112. The number of carbonyl (C=O) groups excluding carboxylic acids is 1. The van der Waals surface area contributed by atoms with Crippen molar-refractivity contribution in [3.63, 3.8) is 0 Å². The van der Waals surface area contributed by atoms with Gasteiger partial charge in [0.1, 0.15) is 6.10 Å². The molecular formula is C12H15O2. The third kappa shape index (κ3) is 2.59. The van der Waals surface area contributed by atoms with Gasteiger partial charge in [0.25, 0.3) is 0 Å². The average Bonchev–Trinajstić information content (AvgIpc) is 2.14. The van der Waals surface area contributed by atoms with Crippen molar-refractivity contribution >= 4 is 6.47 Å². The molecule has 2 heteroatoms. The lowest BCUT2D eigenvalue weighted by Crippen LogP contribution is -2.20. The topological polar surface area (TPSA) is 26.3 Å². The standard InChI is InChI=1S/C12H15O2/c1-12(2,3)11(14-9-13)10-7-5-4-6-8-10/h4-8,11H,1-3H3. The second kappa shape index (κ2) is 4.27. The van der Waals surface area contributed by atoms with Gasteiger partial charge in [-0.2, -0.15) is 0 Å². The van der Waals surface area contributed by atoms with Crippen LogP contribution in [-0.4, -0.2) is 6.47 Å². The van der Waals surface area contributed by atoms with E-state index in [-0.39, 0.29) is 11.5 Å². The fraction of sp³-hybridized carbons (Fsp3) is 0.417. The van der Waals surface area contributed by atoms with Crippen molar-refractivity contribution in [2.24, 2.45) is 5.41 Å². The first-order chi connectivity index (χ1) is 6.55. The van der Waals surface area contributed by atoms with Crippen LogP contribution < -0.4 is 0 Å². The molecule has 0 aliphatic carbocycles. The Morgan fingerprint density at radius 1 is 1.21 bits per heavy atom. The maximum atomic E-state index is 10.3. The molecule has 75 valence electrons. The Morgan fingerprint density at radius 3 is 2.21 bits per heavy atom. The van der Waals surface area contributed by atoms with Crippen LogP contribution >= 0.6 is 0 Å². The van der Waals surface area contributed by atoms with Crippen molar-refractivity contribution in [3.8, 4) is 0 Å². The van der Waals surface area contributed by atoms with Crippen molar-refractivity contribution < 1.29 is 9.53 Å². The van der Waals surface area contributed by atoms with Gasteiger partial charge >= 0.3 is 6.47 Å². The molecule has 0 aromatic heterocycles. The van der Waals surface area contributed by atoms with Gasteiger partial charge in [-0.3, -0.25) is 0 Å². The fourth-order valence-corrected chi connectivity index (χ4v) is 1.42. The molecule has 0 fully saturated rings. The molecule has 1 unspecified atom stereocenters. The highest BCUT2D eigenvalue weighted by atomic mass is 16.5. The minimum Gasteiger partial charge on any atom is -0.449 e. The summed E-state index contributed by atoms with van der Waals surface area (Å²) in [5.41, 5.74) is 0.891. The molecule has 1 aromatic carbocycles. The molecule has 0 saturated heterocycles. The Kier molecular flexibility index (Phi) is 3.28. The zero-order valence-corrected chi connectivity index (χ0v) is 8.78. The lowest BCUT2D eigenvalue weighted by Gasteiger charge is -2.28. The van der Waals surface area contributed by atoms with Gasteiger partial charge in [-0.15, -0.1) is 0 Å². The Balaban J connectivity index is 2.95. The van der Waals surface area contributed by atoms with Gasteiger partial charge in [0.05, 0.1) is 0 Å². The zero-order chi connectivity index (χ0) is 10.6. The number of hydrogen-bond acceptors (Lipinski definition) is 2. The highest BCUT2D eigenvalue weighted by molar-refractivity contribution is 5.40. The molecule has 2 nitrogen and oxygen atoms in total. The summed E-state index contributed by atoms with van der Waals surface area (Å²) in [7, 11) is 0. The van der Waals surface area contributed by atoms with Crippen LogP contribution in [0.25, 0.3) is 0 Å². The van der Waals surface area contributed by atoms with E-state index in [4.69, 9.17) is 4.74 Å².